The molecule has 6 rings (SSSR count). The second-order valence-corrected chi connectivity index (χ2v) is 22.5. The van der Waals surface area contributed by atoms with Gasteiger partial charge in [0.2, 0.25) is 0 Å². The average Bonchev–Trinajstić information content (AvgIpc) is 3.64. The van der Waals surface area contributed by atoms with Gasteiger partial charge in [0.25, 0.3) is 0 Å². The monoisotopic (exact) mass is 860 g/mol. The van der Waals surface area contributed by atoms with Crippen LogP contribution in [0, 0.1) is 13.8 Å². The maximum absolute atomic E-state index is 4.93. The molecule has 0 amide bonds. The van der Waals surface area contributed by atoms with Crippen LogP contribution >= 0.6 is 17.0 Å². The molecule has 0 atom stereocenters. The summed E-state index contributed by atoms with van der Waals surface area (Å²) in [5, 5.41) is 5.35. The first-order valence-corrected chi connectivity index (χ1v) is 26.7. The number of hydrogen-bond acceptors (Lipinski definition) is 0. The number of fused-ring (bicyclic) bond motifs is 2. The van der Waals surface area contributed by atoms with E-state index in [0.717, 1.165) is 27.5 Å². The summed E-state index contributed by atoms with van der Waals surface area (Å²) in [4.78, 5) is 0. The number of nitrogens with zero attached hydrogens (tertiary/aromatic N) is 4. The molecule has 0 saturated carbocycles. The van der Waals surface area contributed by atoms with Crippen molar-refractivity contribution in [3.8, 4) is 22.3 Å². The molecular weight excluding hydrogens is 799 g/mol. The molecule has 0 heterocycles. The summed E-state index contributed by atoms with van der Waals surface area (Å²) in [6.45, 7) is 8.65. The van der Waals surface area contributed by atoms with Crippen LogP contribution in [0.25, 0.3) is 43.8 Å². The van der Waals surface area contributed by atoms with Crippen molar-refractivity contribution in [2.24, 2.45) is 0 Å². The number of aryl methyl sites for hydroxylation is 2. The Morgan fingerprint density at radius 1 is 0.463 bits per heavy atom. The number of rotatable bonds is 6. The van der Waals surface area contributed by atoms with E-state index in [4.69, 9.17) is 17.0 Å². The van der Waals surface area contributed by atoms with E-state index in [-0.39, 0.29) is 0 Å². The van der Waals surface area contributed by atoms with Crippen LogP contribution < -0.4 is 17.9 Å². The van der Waals surface area contributed by atoms with Crippen LogP contribution in [-0.2, 0) is 20.8 Å². The van der Waals surface area contributed by atoms with Crippen LogP contribution in [0.2, 0.25) is 13.1 Å². The number of benzene rings is 4. The summed E-state index contributed by atoms with van der Waals surface area (Å²) in [7, 11) is 37.7. The molecule has 54 heavy (non-hydrogen) atoms. The fourth-order valence-corrected chi connectivity index (χ4v) is 6.32. The Kier molecular flexibility index (Phi) is 15.9. The van der Waals surface area contributed by atoms with Gasteiger partial charge >= 0.3 is 37.9 Å². The third-order valence-corrected chi connectivity index (χ3v) is 9.32. The number of halogens is 2. The Hall–Kier alpha value is -2.38. The van der Waals surface area contributed by atoms with Gasteiger partial charge in [-0.15, -0.1) is 69.1 Å². The third-order valence-electron chi connectivity index (χ3n) is 9.32. The van der Waals surface area contributed by atoms with Crippen molar-refractivity contribution < 1.29 is 20.8 Å². The first-order chi connectivity index (χ1) is 24.9. The molecular formula is C46H64Cl2N4SiZr+4. The summed E-state index contributed by atoms with van der Waals surface area (Å²) in [6, 6.07) is 36.4. The number of quaternary nitrogens is 4. The van der Waals surface area contributed by atoms with Crippen LogP contribution in [0.1, 0.15) is 11.1 Å². The van der Waals surface area contributed by atoms with E-state index < -0.39 is 20.8 Å². The Morgan fingerprint density at radius 3 is 0.963 bits per heavy atom. The van der Waals surface area contributed by atoms with Gasteiger partial charge < -0.3 is 0 Å². The zero-order valence-electron chi connectivity index (χ0n) is 35.8. The van der Waals surface area contributed by atoms with Gasteiger partial charge in [-0.2, -0.15) is 12.1 Å². The molecule has 0 aliphatic carbocycles. The molecule has 4 nitrogen and oxygen atoms in total. The van der Waals surface area contributed by atoms with Crippen molar-refractivity contribution in [2.75, 3.05) is 84.6 Å². The Balaban J connectivity index is 0.000000254. The minimum absolute atomic E-state index is 0.816. The molecule has 0 aromatic heterocycles. The van der Waals surface area contributed by atoms with Crippen molar-refractivity contribution in [3.05, 3.63) is 108 Å². The van der Waals surface area contributed by atoms with Crippen molar-refractivity contribution in [1.29, 1.82) is 0 Å². The van der Waals surface area contributed by atoms with Crippen LogP contribution in [0.3, 0.4) is 0 Å². The average molecular weight is 863 g/mol. The van der Waals surface area contributed by atoms with Crippen molar-refractivity contribution in [1.82, 2.24) is 17.9 Å². The summed E-state index contributed by atoms with van der Waals surface area (Å²) >= 11 is -0.826. The molecule has 6 aromatic carbocycles. The second kappa shape index (κ2) is 18.7. The molecule has 286 valence electrons. The summed E-state index contributed by atoms with van der Waals surface area (Å²) < 4.78 is 3.27. The van der Waals surface area contributed by atoms with Gasteiger partial charge in [-0.3, -0.25) is 17.9 Å². The normalized spacial score (nSPS) is 11.9. The van der Waals surface area contributed by atoms with E-state index in [1.165, 1.54) is 77.7 Å². The molecule has 6 aromatic rings. The molecule has 8 heteroatoms. The molecule has 0 spiro atoms. The van der Waals surface area contributed by atoms with Crippen LogP contribution in [0.15, 0.2) is 97.1 Å². The SMILES string of the molecule is C[Si]C.Cc1cc2c(-c3cc([N+](C)(C)C)cc([N+](C)(C)C)c3)cccc2[cH-]1.Cc1cc2c(-c3cc([N+](C)(C)C)cc([N+](C)(C)C)c3)cccc2[cH-]1.[Cl][Zr+2][Cl]. The topological polar surface area (TPSA) is 0 Å². The Labute approximate surface area is 349 Å². The molecule has 2 radical (unpaired) electrons. The van der Waals surface area contributed by atoms with Crippen molar-refractivity contribution in [2.45, 2.75) is 26.9 Å². The molecule has 0 fully saturated rings. The predicted molar refractivity (Wildman–Crippen MR) is 247 cm³/mol. The summed E-state index contributed by atoms with van der Waals surface area (Å²) in [6.07, 6.45) is 0. The molecule has 0 bridgehead atoms. The summed E-state index contributed by atoms with van der Waals surface area (Å²) in [5.74, 6) is 0. The van der Waals surface area contributed by atoms with Crippen LogP contribution in [0.5, 0.6) is 0 Å². The van der Waals surface area contributed by atoms with Gasteiger partial charge in [-0.1, -0.05) is 50.2 Å². The fraction of sp³-hybridized carbons (Fsp3) is 0.348. The quantitative estimate of drug-likeness (QED) is 0.0889. The van der Waals surface area contributed by atoms with Crippen molar-refractivity contribution >= 4 is 70.8 Å². The number of hydrogen-bond donors (Lipinski definition) is 0. The van der Waals surface area contributed by atoms with Crippen molar-refractivity contribution in [3.63, 3.8) is 0 Å². The van der Waals surface area contributed by atoms with E-state index in [0.29, 0.717) is 0 Å². The van der Waals surface area contributed by atoms with E-state index in [1.807, 2.05) is 0 Å². The molecule has 0 saturated heterocycles. The zero-order chi connectivity index (χ0) is 40.8. The van der Waals surface area contributed by atoms with Gasteiger partial charge in [0.15, 0.2) is 0 Å². The van der Waals surface area contributed by atoms with E-state index >= 15 is 0 Å². The maximum atomic E-state index is 4.93. The van der Waals surface area contributed by atoms with Gasteiger partial charge in [0.1, 0.15) is 22.7 Å². The van der Waals surface area contributed by atoms with Gasteiger partial charge in [-0.25, -0.2) is 0 Å². The minimum atomic E-state index is -0.826. The van der Waals surface area contributed by atoms with Gasteiger partial charge in [-0.05, 0) is 11.1 Å². The van der Waals surface area contributed by atoms with Crippen LogP contribution in [-0.4, -0.2) is 94.1 Å². The molecule has 0 unspecified atom stereocenters. The first-order valence-electron chi connectivity index (χ1n) is 18.4. The van der Waals surface area contributed by atoms with E-state index in [2.05, 4.69) is 209 Å². The summed E-state index contributed by atoms with van der Waals surface area (Å²) in [5.41, 5.74) is 13.2. The van der Waals surface area contributed by atoms with E-state index in [9.17, 15) is 0 Å². The predicted octanol–water partition coefficient (Wildman–Crippen LogP) is 12.0. The van der Waals surface area contributed by atoms with Crippen LogP contribution in [0.4, 0.5) is 22.7 Å². The second-order valence-electron chi connectivity index (χ2n) is 17.8. The Bertz CT molecular complexity index is 1920. The van der Waals surface area contributed by atoms with Gasteiger partial charge in [0, 0.05) is 33.8 Å². The fourth-order valence-electron chi connectivity index (χ4n) is 6.32. The molecule has 0 N–H and O–H groups in total. The van der Waals surface area contributed by atoms with E-state index in [1.54, 1.807) is 0 Å². The third kappa shape index (κ3) is 12.3. The first kappa shape index (κ1) is 46.0. The van der Waals surface area contributed by atoms with Gasteiger partial charge in [0.05, 0.1) is 96.7 Å². The Morgan fingerprint density at radius 2 is 0.722 bits per heavy atom. The molecule has 0 aliphatic heterocycles. The zero-order valence-corrected chi connectivity index (χ0v) is 40.8. The standard InChI is InChI=1S/2C22H29N2.C2H6Si.2ClH.Zr/c2*1-16-11-17-9-8-10-21(22(17)12-16)18-13-19(23(2,3)4)15-20(14-18)24(5,6)7;1-3-2;;;/h2*8-15H,1-7H3;1-2H3;2*1H;/q2*+1;;;;+4/p-2. The molecule has 0 aliphatic rings.